The standard InChI is InChI=1S/C16H28/c1-6-15(4)13(3)10-11-16(5)12(2)8-7-9-14(15)16/h8,13-14H,6-7,9-11H2,1-5H3. The van der Waals surface area contributed by atoms with Gasteiger partial charge in [0.1, 0.15) is 0 Å². The van der Waals surface area contributed by atoms with E-state index >= 15 is 0 Å². The van der Waals surface area contributed by atoms with Gasteiger partial charge in [0.05, 0.1) is 0 Å². The number of hydrogen-bond acceptors (Lipinski definition) is 0. The molecule has 1 saturated carbocycles. The van der Waals surface area contributed by atoms with E-state index in [0.29, 0.717) is 10.8 Å². The van der Waals surface area contributed by atoms with Crippen molar-refractivity contribution in [2.45, 2.75) is 66.7 Å². The first-order valence-electron chi connectivity index (χ1n) is 7.12. The topological polar surface area (TPSA) is 0 Å². The van der Waals surface area contributed by atoms with Crippen LogP contribution in [0.3, 0.4) is 0 Å². The summed E-state index contributed by atoms with van der Waals surface area (Å²) in [5, 5.41) is 0. The summed E-state index contributed by atoms with van der Waals surface area (Å²) in [4.78, 5) is 0. The normalized spacial score (nSPS) is 48.4. The van der Waals surface area contributed by atoms with Crippen molar-refractivity contribution in [1.82, 2.24) is 0 Å². The second-order valence-electron chi connectivity index (χ2n) is 6.73. The summed E-state index contributed by atoms with van der Waals surface area (Å²) in [5.74, 6) is 1.82. The molecule has 0 aliphatic heterocycles. The molecule has 0 aromatic rings. The van der Waals surface area contributed by atoms with Crippen LogP contribution in [0, 0.1) is 22.7 Å². The van der Waals surface area contributed by atoms with Crippen LogP contribution in [0.1, 0.15) is 66.7 Å². The third-order valence-electron chi connectivity index (χ3n) is 6.36. The Morgan fingerprint density at radius 3 is 2.62 bits per heavy atom. The molecule has 0 spiro atoms. The largest absolute Gasteiger partial charge is 0.0850 e. The van der Waals surface area contributed by atoms with Crippen molar-refractivity contribution in [3.63, 3.8) is 0 Å². The van der Waals surface area contributed by atoms with Crippen molar-refractivity contribution >= 4 is 0 Å². The number of hydrogen-bond donors (Lipinski definition) is 0. The van der Waals surface area contributed by atoms with Gasteiger partial charge in [0.25, 0.3) is 0 Å². The van der Waals surface area contributed by atoms with Gasteiger partial charge in [-0.05, 0) is 55.3 Å². The van der Waals surface area contributed by atoms with Gasteiger partial charge < -0.3 is 0 Å². The third kappa shape index (κ3) is 1.49. The highest BCUT2D eigenvalue weighted by molar-refractivity contribution is 5.20. The van der Waals surface area contributed by atoms with E-state index in [1.807, 2.05) is 0 Å². The third-order valence-corrected chi connectivity index (χ3v) is 6.36. The second kappa shape index (κ2) is 3.89. The Morgan fingerprint density at radius 2 is 2.00 bits per heavy atom. The highest BCUT2D eigenvalue weighted by atomic mass is 14.6. The quantitative estimate of drug-likeness (QED) is 0.533. The number of rotatable bonds is 1. The summed E-state index contributed by atoms with van der Waals surface area (Å²) >= 11 is 0. The van der Waals surface area contributed by atoms with Crippen LogP contribution in [0.25, 0.3) is 0 Å². The van der Waals surface area contributed by atoms with Gasteiger partial charge in [-0.3, -0.25) is 0 Å². The zero-order valence-corrected chi connectivity index (χ0v) is 11.8. The Hall–Kier alpha value is -0.260. The van der Waals surface area contributed by atoms with Crippen LogP contribution < -0.4 is 0 Å². The lowest BCUT2D eigenvalue weighted by molar-refractivity contribution is -0.0437. The van der Waals surface area contributed by atoms with Crippen molar-refractivity contribution < 1.29 is 0 Å². The lowest BCUT2D eigenvalue weighted by Gasteiger charge is -2.57. The summed E-state index contributed by atoms with van der Waals surface area (Å²) < 4.78 is 0. The second-order valence-corrected chi connectivity index (χ2v) is 6.73. The average molecular weight is 220 g/mol. The van der Waals surface area contributed by atoms with E-state index in [1.54, 1.807) is 5.57 Å². The van der Waals surface area contributed by atoms with Crippen molar-refractivity contribution in [2.75, 3.05) is 0 Å². The van der Waals surface area contributed by atoms with E-state index in [9.17, 15) is 0 Å². The van der Waals surface area contributed by atoms with Gasteiger partial charge in [0.15, 0.2) is 0 Å². The van der Waals surface area contributed by atoms with Gasteiger partial charge in [-0.1, -0.05) is 45.8 Å². The molecule has 0 heterocycles. The van der Waals surface area contributed by atoms with Crippen LogP contribution in [0.4, 0.5) is 0 Å². The molecule has 1 fully saturated rings. The predicted octanol–water partition coefficient (Wildman–Crippen LogP) is 5.20. The minimum atomic E-state index is 0.509. The van der Waals surface area contributed by atoms with E-state index in [4.69, 9.17) is 0 Å². The van der Waals surface area contributed by atoms with Crippen LogP contribution in [-0.2, 0) is 0 Å². The molecule has 4 atom stereocenters. The maximum Gasteiger partial charge on any atom is -0.00854 e. The van der Waals surface area contributed by atoms with E-state index in [0.717, 1.165) is 11.8 Å². The molecule has 92 valence electrons. The van der Waals surface area contributed by atoms with E-state index in [-0.39, 0.29) is 0 Å². The first-order chi connectivity index (χ1) is 7.45. The molecule has 0 aromatic heterocycles. The minimum Gasteiger partial charge on any atom is -0.0850 e. The van der Waals surface area contributed by atoms with Crippen LogP contribution in [0.15, 0.2) is 11.6 Å². The van der Waals surface area contributed by atoms with E-state index in [1.165, 1.54) is 32.1 Å². The number of allylic oxidation sites excluding steroid dienone is 2. The molecule has 2 rings (SSSR count). The monoisotopic (exact) mass is 220 g/mol. The Balaban J connectivity index is 2.40. The summed E-state index contributed by atoms with van der Waals surface area (Å²) in [6.07, 6.45) is 9.42. The molecule has 0 heteroatoms. The Kier molecular flexibility index (Phi) is 2.97. The van der Waals surface area contributed by atoms with Gasteiger partial charge in [-0.2, -0.15) is 0 Å². The fraction of sp³-hybridized carbons (Fsp3) is 0.875. The van der Waals surface area contributed by atoms with Gasteiger partial charge >= 0.3 is 0 Å². The fourth-order valence-electron chi connectivity index (χ4n) is 4.51. The molecule has 2 aliphatic carbocycles. The SMILES string of the molecule is CCC1(C)C(C)CCC2(C)C(C)=CCCC21. The molecule has 0 saturated heterocycles. The van der Waals surface area contributed by atoms with Crippen LogP contribution >= 0.6 is 0 Å². The summed E-state index contributed by atoms with van der Waals surface area (Å²) in [5.41, 5.74) is 2.76. The lowest BCUT2D eigenvalue weighted by atomic mass is 9.47. The Bertz CT molecular complexity index is 301. The first-order valence-corrected chi connectivity index (χ1v) is 7.12. The molecule has 0 amide bonds. The smallest absolute Gasteiger partial charge is 0.00854 e. The molecular weight excluding hydrogens is 192 g/mol. The zero-order chi connectivity index (χ0) is 12.0. The summed E-state index contributed by atoms with van der Waals surface area (Å²) in [6, 6.07) is 0. The molecule has 0 bridgehead atoms. The number of fused-ring (bicyclic) bond motifs is 1. The molecule has 0 radical (unpaired) electrons. The van der Waals surface area contributed by atoms with Crippen LogP contribution in [0.5, 0.6) is 0 Å². The molecule has 16 heavy (non-hydrogen) atoms. The van der Waals surface area contributed by atoms with Crippen LogP contribution in [0.2, 0.25) is 0 Å². The minimum absolute atomic E-state index is 0.509. The first kappa shape index (κ1) is 12.2. The van der Waals surface area contributed by atoms with Gasteiger partial charge in [-0.25, -0.2) is 0 Å². The van der Waals surface area contributed by atoms with Crippen molar-refractivity contribution in [3.8, 4) is 0 Å². The zero-order valence-electron chi connectivity index (χ0n) is 11.8. The molecule has 0 N–H and O–H groups in total. The Labute approximate surface area is 102 Å². The van der Waals surface area contributed by atoms with E-state index < -0.39 is 0 Å². The fourth-order valence-corrected chi connectivity index (χ4v) is 4.51. The Morgan fingerprint density at radius 1 is 1.31 bits per heavy atom. The molecule has 4 unspecified atom stereocenters. The van der Waals surface area contributed by atoms with E-state index in [2.05, 4.69) is 40.7 Å². The summed E-state index contributed by atoms with van der Waals surface area (Å²) in [7, 11) is 0. The van der Waals surface area contributed by atoms with Crippen molar-refractivity contribution in [1.29, 1.82) is 0 Å². The average Bonchev–Trinajstić information content (AvgIpc) is 2.27. The molecular formula is C16H28. The maximum absolute atomic E-state index is 2.55. The molecule has 2 aliphatic rings. The van der Waals surface area contributed by atoms with Crippen LogP contribution in [-0.4, -0.2) is 0 Å². The van der Waals surface area contributed by atoms with Crippen molar-refractivity contribution in [2.24, 2.45) is 22.7 Å². The van der Waals surface area contributed by atoms with Gasteiger partial charge in [0.2, 0.25) is 0 Å². The molecule has 0 aromatic carbocycles. The van der Waals surface area contributed by atoms with Gasteiger partial charge in [0, 0.05) is 0 Å². The van der Waals surface area contributed by atoms with Crippen molar-refractivity contribution in [3.05, 3.63) is 11.6 Å². The lowest BCUT2D eigenvalue weighted by Crippen LogP contribution is -2.49. The highest BCUT2D eigenvalue weighted by Crippen LogP contribution is 2.61. The highest BCUT2D eigenvalue weighted by Gasteiger charge is 2.52. The maximum atomic E-state index is 2.55. The van der Waals surface area contributed by atoms with Gasteiger partial charge in [-0.15, -0.1) is 0 Å². The molecule has 0 nitrogen and oxygen atoms in total. The predicted molar refractivity (Wildman–Crippen MR) is 71.4 cm³/mol. The summed E-state index contributed by atoms with van der Waals surface area (Å²) in [6.45, 7) is 12.3.